The van der Waals surface area contributed by atoms with Crippen molar-refractivity contribution in [2.45, 2.75) is 25.4 Å². The third-order valence-corrected chi connectivity index (χ3v) is 3.27. The van der Waals surface area contributed by atoms with Crippen LogP contribution in [0.2, 0.25) is 0 Å². The van der Waals surface area contributed by atoms with E-state index < -0.39 is 24.4 Å². The molecule has 4 nitrogen and oxygen atoms in total. The Morgan fingerprint density at radius 2 is 2.05 bits per heavy atom. The number of alkyl halides is 2. The van der Waals surface area contributed by atoms with E-state index in [0.717, 1.165) is 0 Å². The van der Waals surface area contributed by atoms with Crippen LogP contribution in [0.1, 0.15) is 24.3 Å². The topological polar surface area (TPSA) is 69.4 Å². The van der Waals surface area contributed by atoms with Crippen LogP contribution < -0.4 is 10.5 Å². The molecule has 1 aliphatic carbocycles. The molecule has 2 N–H and O–H groups in total. The van der Waals surface area contributed by atoms with Gasteiger partial charge in [-0.3, -0.25) is 9.59 Å². The van der Waals surface area contributed by atoms with E-state index in [1.165, 1.54) is 6.07 Å². The lowest BCUT2D eigenvalue weighted by Crippen LogP contribution is -2.20. The lowest BCUT2D eigenvalue weighted by Gasteiger charge is -2.14. The summed E-state index contributed by atoms with van der Waals surface area (Å²) in [5.74, 6) is -1.87. The smallest absolute Gasteiger partial charge is 0.387 e. The standard InChI is InChI=1S/C13H13F2NO3/c14-13(15)19-11-4-2-1-3-8(11)9-5-7(12(16)18)6-10(9)17/h1-4,7,9,13H,5-6H2,(H2,16,18)/t7-,9-/m1/s1. The van der Waals surface area contributed by atoms with Gasteiger partial charge in [0, 0.05) is 23.8 Å². The first-order chi connectivity index (χ1) is 8.99. The predicted octanol–water partition coefficient (Wildman–Crippen LogP) is 1.84. The number of nitrogens with two attached hydrogens (primary N) is 1. The van der Waals surface area contributed by atoms with Crippen LogP contribution in [0.5, 0.6) is 5.75 Å². The van der Waals surface area contributed by atoms with Crippen molar-refractivity contribution in [3.05, 3.63) is 29.8 Å². The molecule has 0 spiro atoms. The summed E-state index contributed by atoms with van der Waals surface area (Å²) in [6, 6.07) is 6.13. The van der Waals surface area contributed by atoms with Crippen molar-refractivity contribution < 1.29 is 23.1 Å². The van der Waals surface area contributed by atoms with Gasteiger partial charge in [-0.05, 0) is 12.5 Å². The maximum atomic E-state index is 12.3. The molecule has 0 aliphatic heterocycles. The Morgan fingerprint density at radius 1 is 1.37 bits per heavy atom. The first kappa shape index (κ1) is 13.5. The van der Waals surface area contributed by atoms with E-state index in [9.17, 15) is 18.4 Å². The third-order valence-electron chi connectivity index (χ3n) is 3.27. The Bertz CT molecular complexity index is 504. The summed E-state index contributed by atoms with van der Waals surface area (Å²) in [4.78, 5) is 23.0. The van der Waals surface area contributed by atoms with Crippen LogP contribution in [-0.4, -0.2) is 18.3 Å². The summed E-state index contributed by atoms with van der Waals surface area (Å²) in [5, 5.41) is 0. The molecule has 2 atom stereocenters. The maximum Gasteiger partial charge on any atom is 0.387 e. The molecular formula is C13H13F2NO3. The van der Waals surface area contributed by atoms with E-state index in [1.807, 2.05) is 0 Å². The number of hydrogen-bond donors (Lipinski definition) is 1. The average Bonchev–Trinajstić information content (AvgIpc) is 2.71. The number of carbonyl (C=O) groups excluding carboxylic acids is 2. The SMILES string of the molecule is NC(=O)[C@H]1CC(=O)[C@@H](c2ccccc2OC(F)F)C1. The summed E-state index contributed by atoms with van der Waals surface area (Å²) in [7, 11) is 0. The van der Waals surface area contributed by atoms with Crippen LogP contribution in [0, 0.1) is 5.92 Å². The number of carbonyl (C=O) groups is 2. The highest BCUT2D eigenvalue weighted by atomic mass is 19.3. The molecule has 0 unspecified atom stereocenters. The minimum Gasteiger partial charge on any atom is -0.435 e. The highest BCUT2D eigenvalue weighted by Gasteiger charge is 2.37. The van der Waals surface area contributed by atoms with Crippen LogP contribution in [0.3, 0.4) is 0 Å². The van der Waals surface area contributed by atoms with Gasteiger partial charge < -0.3 is 10.5 Å². The molecule has 0 aromatic heterocycles. The minimum atomic E-state index is -2.95. The first-order valence-electron chi connectivity index (χ1n) is 5.84. The van der Waals surface area contributed by atoms with Gasteiger partial charge in [0.05, 0.1) is 0 Å². The molecule has 1 aromatic carbocycles. The molecule has 0 bridgehead atoms. The summed E-state index contributed by atoms with van der Waals surface area (Å²) in [5.41, 5.74) is 5.56. The fraction of sp³-hybridized carbons (Fsp3) is 0.385. The summed E-state index contributed by atoms with van der Waals surface area (Å²) in [6.07, 6.45) is 0.306. The Hall–Kier alpha value is -1.98. The number of para-hydroxylation sites is 1. The van der Waals surface area contributed by atoms with Gasteiger partial charge in [0.25, 0.3) is 0 Å². The number of halogens is 2. The van der Waals surface area contributed by atoms with Gasteiger partial charge in [0.1, 0.15) is 11.5 Å². The molecule has 1 amide bonds. The average molecular weight is 269 g/mol. The van der Waals surface area contributed by atoms with Gasteiger partial charge >= 0.3 is 6.61 Å². The second kappa shape index (κ2) is 5.34. The van der Waals surface area contributed by atoms with E-state index in [-0.39, 0.29) is 24.4 Å². The fourth-order valence-electron chi connectivity index (χ4n) is 2.37. The first-order valence-corrected chi connectivity index (χ1v) is 5.84. The molecular weight excluding hydrogens is 256 g/mol. The molecule has 0 saturated heterocycles. The summed E-state index contributed by atoms with van der Waals surface area (Å²) < 4.78 is 29.0. The van der Waals surface area contributed by atoms with Gasteiger partial charge in [-0.15, -0.1) is 0 Å². The lowest BCUT2D eigenvalue weighted by atomic mass is 9.94. The van der Waals surface area contributed by atoms with Crippen LogP contribution in [0.4, 0.5) is 8.78 Å². The summed E-state index contributed by atoms with van der Waals surface area (Å²) in [6.45, 7) is -2.95. The number of rotatable bonds is 4. The Balaban J connectivity index is 2.27. The van der Waals surface area contributed by atoms with Crippen molar-refractivity contribution >= 4 is 11.7 Å². The highest BCUT2D eigenvalue weighted by molar-refractivity contribution is 5.94. The predicted molar refractivity (Wildman–Crippen MR) is 62.7 cm³/mol. The van der Waals surface area contributed by atoms with Gasteiger partial charge in [-0.2, -0.15) is 8.78 Å². The van der Waals surface area contributed by atoms with Crippen molar-refractivity contribution in [3.8, 4) is 5.75 Å². The Labute approximate surface area is 108 Å². The normalized spacial score (nSPS) is 22.8. The molecule has 6 heteroatoms. The number of primary amides is 1. The van der Waals surface area contributed by atoms with Crippen LogP contribution >= 0.6 is 0 Å². The van der Waals surface area contributed by atoms with Crippen molar-refractivity contribution in [2.24, 2.45) is 11.7 Å². The molecule has 1 aromatic rings. The number of ether oxygens (including phenoxy) is 1. The third kappa shape index (κ3) is 2.89. The van der Waals surface area contributed by atoms with E-state index >= 15 is 0 Å². The largest absolute Gasteiger partial charge is 0.435 e. The molecule has 1 fully saturated rings. The van der Waals surface area contributed by atoms with Crippen molar-refractivity contribution in [1.82, 2.24) is 0 Å². The van der Waals surface area contributed by atoms with Crippen LogP contribution in [0.25, 0.3) is 0 Å². The number of amides is 1. The van der Waals surface area contributed by atoms with Gasteiger partial charge in [-0.25, -0.2) is 0 Å². The number of ketones is 1. The monoisotopic (exact) mass is 269 g/mol. The second-order valence-corrected chi connectivity index (χ2v) is 4.47. The maximum absolute atomic E-state index is 12.3. The van der Waals surface area contributed by atoms with E-state index in [2.05, 4.69) is 4.74 Å². The minimum absolute atomic E-state index is 0.0269. The van der Waals surface area contributed by atoms with E-state index in [0.29, 0.717) is 5.56 Å². The van der Waals surface area contributed by atoms with Gasteiger partial charge in [0.15, 0.2) is 0 Å². The highest BCUT2D eigenvalue weighted by Crippen LogP contribution is 2.39. The fourth-order valence-corrected chi connectivity index (χ4v) is 2.37. The number of Topliss-reactive ketones (excluding diaryl/α,β-unsaturated/α-hetero) is 1. The quantitative estimate of drug-likeness (QED) is 0.906. The Kier molecular flexibility index (Phi) is 3.78. The van der Waals surface area contributed by atoms with Gasteiger partial charge in [-0.1, -0.05) is 18.2 Å². The summed E-state index contributed by atoms with van der Waals surface area (Å²) >= 11 is 0. The van der Waals surface area contributed by atoms with Crippen molar-refractivity contribution in [2.75, 3.05) is 0 Å². The molecule has 2 rings (SSSR count). The Morgan fingerprint density at radius 3 is 2.63 bits per heavy atom. The molecule has 0 heterocycles. The molecule has 0 radical (unpaired) electrons. The molecule has 1 saturated carbocycles. The van der Waals surface area contributed by atoms with Gasteiger partial charge in [0.2, 0.25) is 5.91 Å². The van der Waals surface area contributed by atoms with Crippen molar-refractivity contribution in [1.29, 1.82) is 0 Å². The lowest BCUT2D eigenvalue weighted by molar-refractivity contribution is -0.124. The second-order valence-electron chi connectivity index (χ2n) is 4.47. The van der Waals surface area contributed by atoms with Crippen LogP contribution in [-0.2, 0) is 9.59 Å². The molecule has 19 heavy (non-hydrogen) atoms. The molecule has 1 aliphatic rings. The molecule has 102 valence electrons. The van der Waals surface area contributed by atoms with Crippen molar-refractivity contribution in [3.63, 3.8) is 0 Å². The zero-order chi connectivity index (χ0) is 14.0. The zero-order valence-electron chi connectivity index (χ0n) is 10.0. The zero-order valence-corrected chi connectivity index (χ0v) is 10.0. The number of hydrogen-bond acceptors (Lipinski definition) is 3. The van der Waals surface area contributed by atoms with E-state index in [1.54, 1.807) is 18.2 Å². The van der Waals surface area contributed by atoms with E-state index in [4.69, 9.17) is 5.73 Å². The number of benzene rings is 1. The van der Waals surface area contributed by atoms with Crippen LogP contribution in [0.15, 0.2) is 24.3 Å².